The smallest absolute Gasteiger partial charge is 0.102 e. The normalized spacial score (nSPS) is 10.9. The molecule has 108 valence electrons. The van der Waals surface area contributed by atoms with Gasteiger partial charge in [-0.25, -0.2) is 4.68 Å². The van der Waals surface area contributed by atoms with Crippen molar-refractivity contribution in [3.63, 3.8) is 0 Å². The van der Waals surface area contributed by atoms with E-state index in [1.54, 1.807) is 11.8 Å². The van der Waals surface area contributed by atoms with Gasteiger partial charge in [-0.2, -0.15) is 0 Å². The number of rotatable bonds is 7. The van der Waals surface area contributed by atoms with E-state index in [2.05, 4.69) is 41.5 Å². The zero-order chi connectivity index (χ0) is 14.4. The Morgan fingerprint density at radius 2 is 2.00 bits per heavy atom. The first-order valence-corrected chi connectivity index (χ1v) is 7.02. The molecule has 0 amide bonds. The molecule has 0 atom stereocenters. The number of aromatic nitrogens is 3. The second-order valence-electron chi connectivity index (χ2n) is 4.80. The van der Waals surface area contributed by atoms with E-state index in [1.165, 1.54) is 18.4 Å². The van der Waals surface area contributed by atoms with E-state index in [1.807, 2.05) is 0 Å². The van der Waals surface area contributed by atoms with Crippen molar-refractivity contribution in [3.05, 3.63) is 41.2 Å². The lowest BCUT2D eigenvalue weighted by molar-refractivity contribution is 0.178. The Balaban J connectivity index is 2.24. The van der Waals surface area contributed by atoms with Crippen molar-refractivity contribution in [2.45, 2.75) is 39.3 Å². The Hall–Kier alpha value is -1.72. The number of benzene rings is 1. The minimum atomic E-state index is 0.368. The number of aryl methyl sites for hydroxylation is 1. The fraction of sp³-hybridized carbons (Fsp3) is 0.467. The minimum Gasteiger partial charge on any atom is -0.378 e. The highest BCUT2D eigenvalue weighted by Crippen LogP contribution is 2.15. The molecule has 1 heterocycles. The first kappa shape index (κ1) is 14.7. The summed E-state index contributed by atoms with van der Waals surface area (Å²) in [4.78, 5) is 0. The molecule has 1 aromatic heterocycles. The van der Waals surface area contributed by atoms with Crippen LogP contribution in [0.5, 0.6) is 0 Å². The largest absolute Gasteiger partial charge is 0.378 e. The van der Waals surface area contributed by atoms with E-state index in [9.17, 15) is 0 Å². The molecule has 0 aliphatic carbocycles. The van der Waals surface area contributed by atoms with Gasteiger partial charge in [-0.05, 0) is 30.5 Å². The summed E-state index contributed by atoms with van der Waals surface area (Å²) in [7, 11) is 1.66. The molecule has 0 saturated carbocycles. The lowest BCUT2D eigenvalue weighted by atomic mass is 10.1. The lowest BCUT2D eigenvalue weighted by Crippen LogP contribution is -2.07. The maximum Gasteiger partial charge on any atom is 0.102 e. The number of nitrogens with two attached hydrogens (primary N) is 1. The van der Waals surface area contributed by atoms with Crippen LogP contribution in [0.25, 0.3) is 5.69 Å². The van der Waals surface area contributed by atoms with Crippen LogP contribution in [-0.4, -0.2) is 22.1 Å². The van der Waals surface area contributed by atoms with Gasteiger partial charge >= 0.3 is 0 Å². The molecular weight excluding hydrogens is 252 g/mol. The van der Waals surface area contributed by atoms with Gasteiger partial charge in [0.05, 0.1) is 18.0 Å². The van der Waals surface area contributed by atoms with E-state index < -0.39 is 0 Å². The second kappa shape index (κ2) is 7.17. The van der Waals surface area contributed by atoms with Crippen molar-refractivity contribution >= 4 is 0 Å². The van der Waals surface area contributed by atoms with E-state index in [0.29, 0.717) is 13.2 Å². The van der Waals surface area contributed by atoms with Gasteiger partial charge in [0.2, 0.25) is 0 Å². The van der Waals surface area contributed by atoms with Crippen molar-refractivity contribution in [1.29, 1.82) is 0 Å². The molecule has 0 fully saturated rings. The third kappa shape index (κ3) is 3.23. The van der Waals surface area contributed by atoms with Gasteiger partial charge in [-0.1, -0.05) is 30.7 Å². The van der Waals surface area contributed by atoms with Crippen molar-refractivity contribution in [3.8, 4) is 5.69 Å². The molecular formula is C15H22N4O. The van der Waals surface area contributed by atoms with Crippen LogP contribution < -0.4 is 5.73 Å². The molecule has 2 aromatic rings. The highest BCUT2D eigenvalue weighted by Gasteiger charge is 2.12. The minimum absolute atomic E-state index is 0.368. The molecule has 2 rings (SSSR count). The predicted octanol–water partition coefficient (Wildman–Crippen LogP) is 2.21. The van der Waals surface area contributed by atoms with E-state index in [-0.39, 0.29) is 0 Å². The van der Waals surface area contributed by atoms with Crippen LogP contribution in [0.1, 0.15) is 36.7 Å². The molecule has 1 aromatic carbocycles. The standard InChI is InChI=1S/C15H22N4O/c1-3-4-5-12-6-8-13(9-7-12)19-15(11-20-2)14(10-16)17-18-19/h6-9H,3-5,10-11,16H2,1-2H3. The molecule has 0 spiro atoms. The predicted molar refractivity (Wildman–Crippen MR) is 78.6 cm³/mol. The van der Waals surface area contributed by atoms with Crippen LogP contribution in [0.2, 0.25) is 0 Å². The number of nitrogens with zero attached hydrogens (tertiary/aromatic N) is 3. The molecule has 0 aliphatic rings. The molecule has 2 N–H and O–H groups in total. The maximum absolute atomic E-state index is 5.68. The van der Waals surface area contributed by atoms with E-state index >= 15 is 0 Å². The van der Waals surface area contributed by atoms with Gasteiger partial charge in [-0.3, -0.25) is 0 Å². The van der Waals surface area contributed by atoms with Crippen molar-refractivity contribution < 1.29 is 4.74 Å². The van der Waals surface area contributed by atoms with Gasteiger partial charge in [0.15, 0.2) is 0 Å². The van der Waals surface area contributed by atoms with Gasteiger partial charge < -0.3 is 10.5 Å². The number of ether oxygens (including phenoxy) is 1. The molecule has 5 heteroatoms. The average Bonchev–Trinajstić information content (AvgIpc) is 2.89. The lowest BCUT2D eigenvalue weighted by Gasteiger charge is -2.08. The molecule has 0 radical (unpaired) electrons. The Bertz CT molecular complexity index is 533. The van der Waals surface area contributed by atoms with Crippen LogP contribution in [0.15, 0.2) is 24.3 Å². The first-order chi connectivity index (χ1) is 9.80. The summed E-state index contributed by atoms with van der Waals surface area (Å²) in [6.07, 6.45) is 3.55. The third-order valence-corrected chi connectivity index (χ3v) is 3.32. The summed E-state index contributed by atoms with van der Waals surface area (Å²) in [5.74, 6) is 0. The summed E-state index contributed by atoms with van der Waals surface area (Å²) in [6.45, 7) is 3.03. The molecule has 0 unspecified atom stereocenters. The molecule has 0 aliphatic heterocycles. The van der Waals surface area contributed by atoms with E-state index in [0.717, 1.165) is 23.5 Å². The number of hydrogen-bond acceptors (Lipinski definition) is 4. The van der Waals surface area contributed by atoms with Crippen LogP contribution in [0, 0.1) is 0 Å². The fourth-order valence-electron chi connectivity index (χ4n) is 2.16. The second-order valence-corrected chi connectivity index (χ2v) is 4.80. The highest BCUT2D eigenvalue weighted by molar-refractivity contribution is 5.36. The van der Waals surface area contributed by atoms with Crippen molar-refractivity contribution in [2.24, 2.45) is 5.73 Å². The third-order valence-electron chi connectivity index (χ3n) is 3.32. The van der Waals surface area contributed by atoms with Crippen LogP contribution >= 0.6 is 0 Å². The molecule has 0 saturated heterocycles. The van der Waals surface area contributed by atoms with Crippen LogP contribution in [-0.2, 0) is 24.3 Å². The number of hydrogen-bond donors (Lipinski definition) is 1. The molecule has 20 heavy (non-hydrogen) atoms. The van der Waals surface area contributed by atoms with E-state index in [4.69, 9.17) is 10.5 Å². The maximum atomic E-state index is 5.68. The van der Waals surface area contributed by atoms with Crippen molar-refractivity contribution in [2.75, 3.05) is 7.11 Å². The van der Waals surface area contributed by atoms with Gasteiger partial charge in [0, 0.05) is 13.7 Å². The summed E-state index contributed by atoms with van der Waals surface area (Å²) in [6, 6.07) is 8.43. The zero-order valence-electron chi connectivity index (χ0n) is 12.2. The summed E-state index contributed by atoms with van der Waals surface area (Å²) in [5.41, 5.74) is 9.71. The fourth-order valence-corrected chi connectivity index (χ4v) is 2.16. The Morgan fingerprint density at radius 3 is 2.60 bits per heavy atom. The first-order valence-electron chi connectivity index (χ1n) is 7.02. The summed E-state index contributed by atoms with van der Waals surface area (Å²) >= 11 is 0. The topological polar surface area (TPSA) is 66.0 Å². The Labute approximate surface area is 119 Å². The van der Waals surface area contributed by atoms with Crippen LogP contribution in [0.3, 0.4) is 0 Å². The van der Waals surface area contributed by atoms with Gasteiger partial charge in [0.1, 0.15) is 5.69 Å². The zero-order valence-corrected chi connectivity index (χ0v) is 12.2. The SMILES string of the molecule is CCCCc1ccc(-n2nnc(CN)c2COC)cc1. The number of methoxy groups -OCH3 is 1. The van der Waals surface area contributed by atoms with Crippen molar-refractivity contribution in [1.82, 2.24) is 15.0 Å². The molecule has 5 nitrogen and oxygen atoms in total. The number of unbranched alkanes of at least 4 members (excludes halogenated alkanes) is 1. The highest BCUT2D eigenvalue weighted by atomic mass is 16.5. The Kier molecular flexibility index (Phi) is 5.26. The van der Waals surface area contributed by atoms with Crippen LogP contribution in [0.4, 0.5) is 0 Å². The van der Waals surface area contributed by atoms with Gasteiger partial charge in [0.25, 0.3) is 0 Å². The quantitative estimate of drug-likeness (QED) is 0.840. The monoisotopic (exact) mass is 274 g/mol. The Morgan fingerprint density at radius 1 is 1.25 bits per heavy atom. The molecule has 0 bridgehead atoms. The van der Waals surface area contributed by atoms with Gasteiger partial charge in [-0.15, -0.1) is 5.10 Å². The summed E-state index contributed by atoms with van der Waals surface area (Å²) < 4.78 is 7.01. The summed E-state index contributed by atoms with van der Waals surface area (Å²) in [5, 5.41) is 8.28. The average molecular weight is 274 g/mol.